The van der Waals surface area contributed by atoms with E-state index in [1.165, 1.54) is 13.0 Å². The zero-order valence-corrected chi connectivity index (χ0v) is 17.6. The Hall–Kier alpha value is -3.08. The van der Waals surface area contributed by atoms with Crippen molar-refractivity contribution < 1.29 is 1.37 Å². The maximum Gasteiger partial charge on any atom is 0.173 e. The Kier molecular flexibility index (Phi) is 6.80. The van der Waals surface area contributed by atoms with Crippen LogP contribution in [0.25, 0.3) is 0 Å². The van der Waals surface area contributed by atoms with Crippen molar-refractivity contribution in [2.45, 2.75) is 26.4 Å². The lowest BCUT2D eigenvalue weighted by atomic mass is 10.0. The average Bonchev–Trinajstić information content (AvgIpc) is 3.30. The average molecular weight is 405 g/mol. The molecule has 0 aliphatic carbocycles. The molecule has 0 spiro atoms. The minimum absolute atomic E-state index is 0.0257. The highest BCUT2D eigenvalue weighted by atomic mass is 15.5. The van der Waals surface area contributed by atoms with E-state index in [1.807, 2.05) is 35.0 Å². The van der Waals surface area contributed by atoms with Crippen molar-refractivity contribution in [2.24, 2.45) is 0 Å². The van der Waals surface area contributed by atoms with Crippen molar-refractivity contribution in [1.82, 2.24) is 30.0 Å². The third-order valence-corrected chi connectivity index (χ3v) is 5.52. The largest absolute Gasteiger partial charge is 0.304 e. The van der Waals surface area contributed by atoms with Gasteiger partial charge in [-0.1, -0.05) is 49.9 Å². The smallest absolute Gasteiger partial charge is 0.173 e. The third kappa shape index (κ3) is 4.90. The maximum absolute atomic E-state index is 9.15. The molecule has 7 nitrogen and oxygen atoms in total. The van der Waals surface area contributed by atoms with Crippen LogP contribution >= 0.6 is 0 Å². The number of piperazine rings is 1. The van der Waals surface area contributed by atoms with E-state index < -0.39 is 0 Å². The second-order valence-electron chi connectivity index (χ2n) is 7.47. The number of hydrogen-bond acceptors (Lipinski definition) is 6. The van der Waals surface area contributed by atoms with Crippen LogP contribution in [0, 0.1) is 11.3 Å². The number of nitrogens with zero attached hydrogens (tertiary/aromatic N) is 7. The maximum atomic E-state index is 9.15. The molecule has 1 saturated heterocycles. The number of benzene rings is 2. The van der Waals surface area contributed by atoms with Gasteiger partial charge < -0.3 is 4.90 Å². The molecule has 7 heteroatoms. The van der Waals surface area contributed by atoms with Crippen LogP contribution in [0.2, 0.25) is 0 Å². The molecule has 1 aromatic heterocycles. The lowest BCUT2D eigenvalue weighted by Gasteiger charge is -2.37. The molecule has 2 heterocycles. The summed E-state index contributed by atoms with van der Waals surface area (Å²) in [5, 5.41) is 21.9. The standard InChI is InChI=1S/C22H25N7.CH4/c1-27-13-15-28(16-14-27)21(20-9-7-19(17-23)8-10-20)22-24-25-26-29(22)12-11-18-5-3-2-4-6-18;/h2-10,21H,11-16H2,1H3;1H4/i;1D. The molecular weight excluding hydrogens is 374 g/mol. The fourth-order valence-corrected chi connectivity index (χ4v) is 3.79. The minimum Gasteiger partial charge on any atom is -0.304 e. The quantitative estimate of drug-likeness (QED) is 0.629. The summed E-state index contributed by atoms with van der Waals surface area (Å²) >= 11 is 0. The van der Waals surface area contributed by atoms with Crippen molar-refractivity contribution in [3.8, 4) is 6.07 Å². The van der Waals surface area contributed by atoms with Gasteiger partial charge in [0.15, 0.2) is 5.82 Å². The topological polar surface area (TPSA) is 73.9 Å². The molecule has 0 N–H and O–H groups in total. The Balaban J connectivity index is 0.00000132. The zero-order chi connectivity index (χ0) is 22.1. The second-order valence-corrected chi connectivity index (χ2v) is 7.47. The van der Waals surface area contributed by atoms with Gasteiger partial charge in [0.05, 0.1) is 17.7 Å². The van der Waals surface area contributed by atoms with Crippen LogP contribution in [-0.2, 0) is 13.0 Å². The van der Waals surface area contributed by atoms with Crippen molar-refractivity contribution in [3.63, 3.8) is 0 Å². The Bertz CT molecular complexity index is 958. The van der Waals surface area contributed by atoms with Crippen molar-refractivity contribution in [3.05, 3.63) is 77.1 Å². The van der Waals surface area contributed by atoms with E-state index in [9.17, 15) is 0 Å². The molecule has 0 bridgehead atoms. The van der Waals surface area contributed by atoms with Gasteiger partial charge in [-0.2, -0.15) is 5.26 Å². The van der Waals surface area contributed by atoms with E-state index >= 15 is 0 Å². The molecule has 0 amide bonds. The number of hydrogen-bond donors (Lipinski definition) is 0. The first-order valence-corrected chi connectivity index (χ1v) is 9.97. The fraction of sp³-hybridized carbons (Fsp3) is 0.391. The third-order valence-electron chi connectivity index (χ3n) is 5.52. The van der Waals surface area contributed by atoms with Gasteiger partial charge in [0.1, 0.15) is 0 Å². The molecule has 1 fully saturated rings. The van der Waals surface area contributed by atoms with Gasteiger partial charge in [-0.3, -0.25) is 4.90 Å². The van der Waals surface area contributed by atoms with Crippen LogP contribution in [0.15, 0.2) is 54.6 Å². The van der Waals surface area contributed by atoms with Crippen LogP contribution in [0.4, 0.5) is 0 Å². The molecule has 3 aromatic rings. The molecule has 0 saturated carbocycles. The van der Waals surface area contributed by atoms with Gasteiger partial charge in [0.2, 0.25) is 0 Å². The predicted molar refractivity (Wildman–Crippen MR) is 117 cm³/mol. The summed E-state index contributed by atoms with van der Waals surface area (Å²) in [7, 11) is 3.40. The monoisotopic (exact) mass is 404 g/mol. The molecule has 1 atom stereocenters. The number of aromatic nitrogens is 4. The van der Waals surface area contributed by atoms with Crippen LogP contribution < -0.4 is 0 Å². The van der Waals surface area contributed by atoms with Crippen LogP contribution in [0.1, 0.15) is 37.3 Å². The summed E-state index contributed by atoms with van der Waals surface area (Å²) in [4.78, 5) is 4.77. The summed E-state index contributed by atoms with van der Waals surface area (Å²) in [6.07, 6.45) is 0.877. The fourth-order valence-electron chi connectivity index (χ4n) is 3.79. The molecular formula is C23H29N7. The van der Waals surface area contributed by atoms with Gasteiger partial charge in [0, 0.05) is 34.1 Å². The number of tetrazole rings is 1. The number of rotatable bonds is 6. The van der Waals surface area contributed by atoms with Crippen LogP contribution in [-0.4, -0.2) is 63.2 Å². The van der Waals surface area contributed by atoms with E-state index in [-0.39, 0.29) is 6.04 Å². The first-order chi connectivity index (χ1) is 15.2. The number of nitriles is 1. The summed E-state index contributed by atoms with van der Waals surface area (Å²) in [5.41, 5.74) is 3.04. The van der Waals surface area contributed by atoms with Crippen LogP contribution in [0.5, 0.6) is 0 Å². The first kappa shape index (κ1) is 20.2. The Morgan fingerprint density at radius 1 is 1.07 bits per heavy atom. The molecule has 30 heavy (non-hydrogen) atoms. The van der Waals surface area contributed by atoms with E-state index in [4.69, 9.17) is 6.63 Å². The molecule has 1 aliphatic rings. The van der Waals surface area contributed by atoms with E-state index in [2.05, 4.69) is 62.7 Å². The Labute approximate surface area is 179 Å². The van der Waals surface area contributed by atoms with E-state index in [0.717, 1.165) is 50.5 Å². The lowest BCUT2D eigenvalue weighted by molar-refractivity contribution is 0.121. The van der Waals surface area contributed by atoms with Crippen molar-refractivity contribution in [1.29, 1.82) is 5.26 Å². The first-order valence-electron chi connectivity index (χ1n) is 11.0. The summed E-state index contributed by atoms with van der Waals surface area (Å²) in [5.74, 6) is 0.857. The Morgan fingerprint density at radius 2 is 1.77 bits per heavy atom. The molecule has 2 aromatic carbocycles. The predicted octanol–water partition coefficient (Wildman–Crippen LogP) is 2.76. The highest BCUT2D eigenvalue weighted by Crippen LogP contribution is 2.28. The van der Waals surface area contributed by atoms with Gasteiger partial charge in [0.25, 0.3) is 0 Å². The van der Waals surface area contributed by atoms with Crippen molar-refractivity contribution >= 4 is 0 Å². The number of aryl methyl sites for hydroxylation is 2. The molecule has 1 aliphatic heterocycles. The van der Waals surface area contributed by atoms with E-state index in [1.54, 1.807) is 0 Å². The highest BCUT2D eigenvalue weighted by molar-refractivity contribution is 5.35. The highest BCUT2D eigenvalue weighted by Gasteiger charge is 2.29. The second kappa shape index (κ2) is 10.1. The summed E-state index contributed by atoms with van der Waals surface area (Å²) in [6.45, 7) is 4.66. The zero-order valence-electron chi connectivity index (χ0n) is 18.6. The normalized spacial score (nSPS) is 16.1. The molecule has 1 unspecified atom stereocenters. The SMILES string of the molecule is CN1CCN(C(c2ccc(C#N)cc2)c2nnnn2CCc2ccccc2)CC1.[2H]C. The number of likely N-dealkylation sites (N-methyl/N-ethyl adjacent to an activating group) is 1. The van der Waals surface area contributed by atoms with Gasteiger partial charge in [-0.25, -0.2) is 4.68 Å². The summed E-state index contributed by atoms with van der Waals surface area (Å²) < 4.78 is 7.67. The minimum atomic E-state index is -0.0257. The van der Waals surface area contributed by atoms with E-state index in [0.29, 0.717) is 5.56 Å². The summed E-state index contributed by atoms with van der Waals surface area (Å²) in [6, 6.07) is 20.4. The van der Waals surface area contributed by atoms with Crippen LogP contribution in [0.3, 0.4) is 0 Å². The van der Waals surface area contributed by atoms with Gasteiger partial charge in [-0.05, 0) is 47.2 Å². The van der Waals surface area contributed by atoms with Crippen molar-refractivity contribution in [2.75, 3.05) is 33.2 Å². The Morgan fingerprint density at radius 3 is 2.43 bits per heavy atom. The molecule has 156 valence electrons. The lowest BCUT2D eigenvalue weighted by Crippen LogP contribution is -2.46. The molecule has 0 radical (unpaired) electrons. The molecule has 4 rings (SSSR count). The van der Waals surface area contributed by atoms with Gasteiger partial charge >= 0.3 is 0 Å². The van der Waals surface area contributed by atoms with Gasteiger partial charge in [-0.15, -0.1) is 5.10 Å².